The van der Waals surface area contributed by atoms with Crippen LogP contribution in [0.15, 0.2) is 64.6 Å². The van der Waals surface area contributed by atoms with Crippen molar-refractivity contribution in [3.05, 3.63) is 76.4 Å². The molecule has 1 saturated heterocycles. The van der Waals surface area contributed by atoms with E-state index in [4.69, 9.17) is 16.6 Å². The van der Waals surface area contributed by atoms with E-state index in [1.54, 1.807) is 6.07 Å². The zero-order valence-electron chi connectivity index (χ0n) is 20.0. The third-order valence-corrected chi connectivity index (χ3v) is 7.18. The van der Waals surface area contributed by atoms with Crippen LogP contribution < -0.4 is 15.5 Å². The second kappa shape index (κ2) is 10.6. The SMILES string of the molecule is CCc1cccc(C(=O)Nc2ccc(Sc3nc(Nc4cc(C)[nH]n4)cc(N4CCC4)n3)cc2)c1Cl. The van der Waals surface area contributed by atoms with E-state index in [0.717, 1.165) is 47.9 Å². The van der Waals surface area contributed by atoms with E-state index >= 15 is 0 Å². The van der Waals surface area contributed by atoms with Gasteiger partial charge in [-0.25, -0.2) is 9.97 Å². The summed E-state index contributed by atoms with van der Waals surface area (Å²) < 4.78 is 0. The maximum absolute atomic E-state index is 12.8. The Labute approximate surface area is 218 Å². The summed E-state index contributed by atoms with van der Waals surface area (Å²) in [4.78, 5) is 25.4. The predicted octanol–water partition coefficient (Wildman–Crippen LogP) is 6.08. The number of aromatic nitrogens is 4. The summed E-state index contributed by atoms with van der Waals surface area (Å²) in [5.74, 6) is 2.06. The summed E-state index contributed by atoms with van der Waals surface area (Å²) in [5, 5.41) is 14.5. The lowest BCUT2D eigenvalue weighted by atomic mass is 10.1. The number of aryl methyl sites for hydroxylation is 2. The number of nitrogens with one attached hydrogen (secondary N) is 3. The zero-order chi connectivity index (χ0) is 25.1. The van der Waals surface area contributed by atoms with Crippen molar-refractivity contribution in [2.75, 3.05) is 28.6 Å². The van der Waals surface area contributed by atoms with Crippen molar-refractivity contribution in [1.29, 1.82) is 0 Å². The minimum atomic E-state index is -0.231. The van der Waals surface area contributed by atoms with Gasteiger partial charge in [0.05, 0.1) is 10.6 Å². The molecule has 0 atom stereocenters. The molecule has 1 aliphatic heterocycles. The molecular weight excluding hydrogens is 494 g/mol. The van der Waals surface area contributed by atoms with Gasteiger partial charge in [-0.1, -0.05) is 30.7 Å². The van der Waals surface area contributed by atoms with Gasteiger partial charge in [-0.2, -0.15) is 5.10 Å². The van der Waals surface area contributed by atoms with Crippen LogP contribution in [-0.2, 0) is 6.42 Å². The summed E-state index contributed by atoms with van der Waals surface area (Å²) in [7, 11) is 0. The lowest BCUT2D eigenvalue weighted by Crippen LogP contribution is -2.37. The first-order valence-electron chi connectivity index (χ1n) is 11.8. The number of H-pyrrole nitrogens is 1. The van der Waals surface area contributed by atoms with E-state index in [9.17, 15) is 4.79 Å². The highest BCUT2D eigenvalue weighted by molar-refractivity contribution is 7.99. The van der Waals surface area contributed by atoms with Crippen molar-refractivity contribution in [3.8, 4) is 0 Å². The molecular formula is C26H26ClN7OS. The number of aromatic amines is 1. The molecule has 1 fully saturated rings. The Bertz CT molecular complexity index is 1390. The molecule has 184 valence electrons. The van der Waals surface area contributed by atoms with E-state index in [-0.39, 0.29) is 5.91 Å². The lowest BCUT2D eigenvalue weighted by Gasteiger charge is -2.32. The Kier molecular flexibility index (Phi) is 7.11. The monoisotopic (exact) mass is 519 g/mol. The summed E-state index contributed by atoms with van der Waals surface area (Å²) in [6, 6.07) is 17.0. The van der Waals surface area contributed by atoms with Crippen molar-refractivity contribution in [1.82, 2.24) is 20.2 Å². The number of amides is 1. The molecule has 4 aromatic rings. The minimum absolute atomic E-state index is 0.231. The van der Waals surface area contributed by atoms with E-state index in [1.165, 1.54) is 11.8 Å². The predicted molar refractivity (Wildman–Crippen MR) is 145 cm³/mol. The van der Waals surface area contributed by atoms with Gasteiger partial charge in [-0.15, -0.1) is 0 Å². The van der Waals surface area contributed by atoms with Crippen LogP contribution in [-0.4, -0.2) is 39.2 Å². The van der Waals surface area contributed by atoms with Crippen LogP contribution >= 0.6 is 23.4 Å². The molecule has 3 N–H and O–H groups in total. The first kappa shape index (κ1) is 24.1. The van der Waals surface area contributed by atoms with Gasteiger partial charge in [0.2, 0.25) is 0 Å². The van der Waals surface area contributed by atoms with Gasteiger partial charge in [-0.05, 0) is 67.4 Å². The fourth-order valence-electron chi connectivity index (χ4n) is 3.78. The van der Waals surface area contributed by atoms with Crippen molar-refractivity contribution in [2.24, 2.45) is 0 Å². The average Bonchev–Trinajstić information content (AvgIpc) is 3.23. The van der Waals surface area contributed by atoms with Gasteiger partial charge in [0.15, 0.2) is 11.0 Å². The molecule has 36 heavy (non-hydrogen) atoms. The van der Waals surface area contributed by atoms with Gasteiger partial charge < -0.3 is 15.5 Å². The molecule has 0 aliphatic carbocycles. The standard InChI is InChI=1S/C26H26ClN7OS/c1-3-17-6-4-7-20(24(17)27)25(35)28-18-8-10-19(11-9-18)36-26-30-21(29-22-14-16(2)32-33-22)15-23(31-26)34-12-5-13-34/h4,6-11,14-15H,3,5,12-13H2,1-2H3,(H,28,35)(H2,29,30,31,32,33). The van der Waals surface area contributed by atoms with Crippen molar-refractivity contribution in [2.45, 2.75) is 36.7 Å². The quantitative estimate of drug-likeness (QED) is 0.242. The average molecular weight is 520 g/mol. The number of hydrogen-bond acceptors (Lipinski definition) is 7. The number of nitrogens with zero attached hydrogens (tertiary/aromatic N) is 4. The molecule has 0 bridgehead atoms. The highest BCUT2D eigenvalue weighted by Crippen LogP contribution is 2.31. The van der Waals surface area contributed by atoms with E-state index in [1.807, 2.05) is 62.4 Å². The number of benzene rings is 2. The van der Waals surface area contributed by atoms with Crippen LogP contribution in [0.2, 0.25) is 5.02 Å². The van der Waals surface area contributed by atoms with E-state index in [0.29, 0.717) is 33.1 Å². The minimum Gasteiger partial charge on any atom is -0.356 e. The largest absolute Gasteiger partial charge is 0.356 e. The molecule has 3 heterocycles. The Morgan fingerprint density at radius 1 is 1.11 bits per heavy atom. The Balaban J connectivity index is 1.31. The lowest BCUT2D eigenvalue weighted by molar-refractivity contribution is 0.102. The van der Waals surface area contributed by atoms with E-state index < -0.39 is 0 Å². The van der Waals surface area contributed by atoms with Gasteiger partial charge in [-0.3, -0.25) is 9.89 Å². The molecule has 1 amide bonds. The number of carbonyl (C=O) groups excluding carboxylic acids is 1. The van der Waals surface area contributed by atoms with Gasteiger partial charge in [0.1, 0.15) is 11.6 Å². The van der Waals surface area contributed by atoms with Crippen LogP contribution in [0, 0.1) is 6.92 Å². The Morgan fingerprint density at radius 3 is 2.58 bits per heavy atom. The molecule has 0 saturated carbocycles. The topological polar surface area (TPSA) is 98.8 Å². The summed E-state index contributed by atoms with van der Waals surface area (Å²) >= 11 is 7.87. The second-order valence-electron chi connectivity index (χ2n) is 8.51. The number of anilines is 4. The highest BCUT2D eigenvalue weighted by Gasteiger charge is 2.19. The van der Waals surface area contributed by atoms with Crippen molar-refractivity contribution in [3.63, 3.8) is 0 Å². The van der Waals surface area contributed by atoms with Crippen molar-refractivity contribution < 1.29 is 4.79 Å². The van der Waals surface area contributed by atoms with Crippen LogP contribution in [0.3, 0.4) is 0 Å². The Hall–Kier alpha value is -3.56. The maximum Gasteiger partial charge on any atom is 0.257 e. The van der Waals surface area contributed by atoms with Crippen LogP contribution in [0.1, 0.15) is 35.0 Å². The molecule has 8 nitrogen and oxygen atoms in total. The smallest absolute Gasteiger partial charge is 0.257 e. The molecule has 0 spiro atoms. The summed E-state index contributed by atoms with van der Waals surface area (Å²) in [5.41, 5.74) is 3.08. The summed E-state index contributed by atoms with van der Waals surface area (Å²) in [6.07, 6.45) is 1.93. The fourth-order valence-corrected chi connectivity index (χ4v) is 4.89. The van der Waals surface area contributed by atoms with Crippen LogP contribution in [0.4, 0.5) is 23.1 Å². The number of rotatable bonds is 8. The maximum atomic E-state index is 12.8. The van der Waals surface area contributed by atoms with Gasteiger partial charge in [0.25, 0.3) is 5.91 Å². The molecule has 5 rings (SSSR count). The first-order chi connectivity index (χ1) is 17.5. The van der Waals surface area contributed by atoms with Gasteiger partial charge in [0, 0.05) is 41.5 Å². The van der Waals surface area contributed by atoms with Gasteiger partial charge >= 0.3 is 0 Å². The molecule has 2 aromatic carbocycles. The van der Waals surface area contributed by atoms with Crippen LogP contribution in [0.25, 0.3) is 0 Å². The second-order valence-corrected chi connectivity index (χ2v) is 9.93. The third kappa shape index (κ3) is 5.47. The zero-order valence-corrected chi connectivity index (χ0v) is 21.6. The molecule has 10 heteroatoms. The Morgan fingerprint density at radius 2 is 1.92 bits per heavy atom. The number of hydrogen-bond donors (Lipinski definition) is 3. The normalized spacial score (nSPS) is 12.8. The van der Waals surface area contributed by atoms with Crippen LogP contribution in [0.5, 0.6) is 0 Å². The number of halogens is 1. The first-order valence-corrected chi connectivity index (χ1v) is 13.0. The fraction of sp³-hybridized carbons (Fsp3) is 0.231. The van der Waals surface area contributed by atoms with E-state index in [2.05, 4.69) is 30.7 Å². The third-order valence-electron chi connectivity index (χ3n) is 5.86. The molecule has 1 aliphatic rings. The summed E-state index contributed by atoms with van der Waals surface area (Å²) in [6.45, 7) is 5.94. The number of carbonyl (C=O) groups is 1. The molecule has 2 aromatic heterocycles. The van der Waals surface area contributed by atoms with Crippen molar-refractivity contribution >= 4 is 52.4 Å². The molecule has 0 radical (unpaired) electrons. The highest BCUT2D eigenvalue weighted by atomic mass is 35.5. The molecule has 0 unspecified atom stereocenters.